The van der Waals surface area contributed by atoms with Gasteiger partial charge in [-0.3, -0.25) is 4.79 Å². The Labute approximate surface area is 107 Å². The van der Waals surface area contributed by atoms with E-state index in [0.717, 1.165) is 0 Å². The molecule has 0 fully saturated rings. The number of carbonyl (C=O) groups excluding carboxylic acids is 1. The molecule has 16 heavy (non-hydrogen) atoms. The first-order chi connectivity index (χ1) is 7.35. The molecular formula is C11H12BrClFNO. The van der Waals surface area contributed by atoms with Gasteiger partial charge in [0.15, 0.2) is 0 Å². The van der Waals surface area contributed by atoms with E-state index >= 15 is 0 Å². The number of hydrogen-bond acceptors (Lipinski definition) is 1. The largest absolute Gasteiger partial charge is 0.346 e. The highest BCUT2D eigenvalue weighted by Crippen LogP contribution is 2.16. The van der Waals surface area contributed by atoms with Crippen LogP contribution in [-0.2, 0) is 0 Å². The summed E-state index contributed by atoms with van der Waals surface area (Å²) in [6.07, 6.45) is 0. The summed E-state index contributed by atoms with van der Waals surface area (Å²) in [5.41, 5.74) is -0.479. The number of nitrogens with one attached hydrogen (secondary N) is 1. The number of alkyl halides is 1. The van der Waals surface area contributed by atoms with Crippen molar-refractivity contribution in [2.75, 3.05) is 5.33 Å². The lowest BCUT2D eigenvalue weighted by molar-refractivity contribution is 0.0917. The first-order valence-corrected chi connectivity index (χ1v) is 6.19. The maximum Gasteiger partial charge on any atom is 0.254 e. The van der Waals surface area contributed by atoms with Crippen molar-refractivity contribution < 1.29 is 9.18 Å². The maximum absolute atomic E-state index is 13.4. The molecule has 1 rings (SSSR count). The van der Waals surface area contributed by atoms with Crippen LogP contribution in [0.25, 0.3) is 0 Å². The Kier molecular flexibility index (Phi) is 4.33. The van der Waals surface area contributed by atoms with Crippen LogP contribution in [0.3, 0.4) is 0 Å². The molecule has 88 valence electrons. The second-order valence-electron chi connectivity index (χ2n) is 4.10. The third-order valence-electron chi connectivity index (χ3n) is 1.96. The van der Waals surface area contributed by atoms with Gasteiger partial charge in [-0.25, -0.2) is 4.39 Å². The second kappa shape index (κ2) is 5.15. The molecule has 0 heterocycles. The highest BCUT2D eigenvalue weighted by atomic mass is 79.9. The molecule has 0 aliphatic rings. The summed E-state index contributed by atoms with van der Waals surface area (Å²) in [6.45, 7) is 3.67. The van der Waals surface area contributed by atoms with E-state index in [2.05, 4.69) is 21.2 Å². The molecule has 0 saturated carbocycles. The fraction of sp³-hybridized carbons (Fsp3) is 0.364. The van der Waals surface area contributed by atoms with Crippen molar-refractivity contribution in [1.29, 1.82) is 0 Å². The smallest absolute Gasteiger partial charge is 0.254 e. The summed E-state index contributed by atoms with van der Waals surface area (Å²) >= 11 is 8.98. The Bertz CT molecular complexity index is 409. The highest BCUT2D eigenvalue weighted by molar-refractivity contribution is 9.09. The predicted octanol–water partition coefficient (Wildman–Crippen LogP) is 3.38. The number of halogens is 3. The summed E-state index contributed by atoms with van der Waals surface area (Å²) in [5.74, 6) is -1.04. The van der Waals surface area contributed by atoms with Crippen LogP contribution in [0.1, 0.15) is 24.2 Å². The van der Waals surface area contributed by atoms with Crippen molar-refractivity contribution in [3.63, 3.8) is 0 Å². The van der Waals surface area contributed by atoms with Crippen LogP contribution in [0.4, 0.5) is 4.39 Å². The highest BCUT2D eigenvalue weighted by Gasteiger charge is 2.21. The summed E-state index contributed by atoms with van der Waals surface area (Å²) in [6, 6.07) is 3.90. The third kappa shape index (κ3) is 3.46. The van der Waals surface area contributed by atoms with Crippen LogP contribution in [0.5, 0.6) is 0 Å². The van der Waals surface area contributed by atoms with Crippen molar-refractivity contribution in [3.05, 3.63) is 34.6 Å². The van der Waals surface area contributed by atoms with Gasteiger partial charge in [-0.15, -0.1) is 0 Å². The van der Waals surface area contributed by atoms with E-state index < -0.39 is 17.3 Å². The Morgan fingerprint density at radius 1 is 1.56 bits per heavy atom. The van der Waals surface area contributed by atoms with E-state index in [-0.39, 0.29) is 5.56 Å². The van der Waals surface area contributed by atoms with E-state index in [4.69, 9.17) is 11.6 Å². The molecule has 1 aromatic rings. The normalized spacial score (nSPS) is 11.3. The number of amides is 1. The summed E-state index contributed by atoms with van der Waals surface area (Å²) in [4.78, 5) is 11.8. The minimum absolute atomic E-state index is 0.0403. The summed E-state index contributed by atoms with van der Waals surface area (Å²) in [5, 5.41) is 3.62. The van der Waals surface area contributed by atoms with Gasteiger partial charge in [0.1, 0.15) is 5.82 Å². The molecule has 0 bridgehead atoms. The van der Waals surface area contributed by atoms with E-state index in [9.17, 15) is 9.18 Å². The zero-order valence-corrected chi connectivity index (χ0v) is 11.3. The van der Waals surface area contributed by atoms with Crippen LogP contribution in [-0.4, -0.2) is 16.8 Å². The lowest BCUT2D eigenvalue weighted by Gasteiger charge is -2.23. The molecule has 0 aliphatic carbocycles. The van der Waals surface area contributed by atoms with Crippen molar-refractivity contribution in [3.8, 4) is 0 Å². The monoisotopic (exact) mass is 307 g/mol. The van der Waals surface area contributed by atoms with E-state index in [1.54, 1.807) is 0 Å². The molecular weight excluding hydrogens is 296 g/mol. The fourth-order valence-corrected chi connectivity index (χ4v) is 1.39. The number of carbonyl (C=O) groups is 1. The van der Waals surface area contributed by atoms with Gasteiger partial charge in [-0.2, -0.15) is 0 Å². The molecule has 5 heteroatoms. The van der Waals surface area contributed by atoms with Crippen molar-refractivity contribution in [2.45, 2.75) is 19.4 Å². The summed E-state index contributed by atoms with van der Waals surface area (Å²) in [7, 11) is 0. The first-order valence-electron chi connectivity index (χ1n) is 4.69. The maximum atomic E-state index is 13.4. The number of hydrogen-bond donors (Lipinski definition) is 1. The van der Waals surface area contributed by atoms with E-state index in [0.29, 0.717) is 10.4 Å². The third-order valence-corrected chi connectivity index (χ3v) is 3.60. The topological polar surface area (TPSA) is 29.1 Å². The van der Waals surface area contributed by atoms with E-state index in [1.807, 2.05) is 13.8 Å². The summed E-state index contributed by atoms with van der Waals surface area (Å²) < 4.78 is 13.4. The lowest BCUT2D eigenvalue weighted by atomic mass is 10.1. The molecule has 0 atom stereocenters. The van der Waals surface area contributed by atoms with Gasteiger partial charge in [-0.1, -0.05) is 27.5 Å². The van der Waals surface area contributed by atoms with E-state index in [1.165, 1.54) is 18.2 Å². The molecule has 0 aliphatic heterocycles. The molecule has 0 radical (unpaired) electrons. The Balaban J connectivity index is 2.93. The van der Waals surface area contributed by atoms with Crippen LogP contribution in [0.2, 0.25) is 5.02 Å². The molecule has 1 N–H and O–H groups in total. The second-order valence-corrected chi connectivity index (χ2v) is 5.09. The lowest BCUT2D eigenvalue weighted by Crippen LogP contribution is -2.45. The number of rotatable bonds is 3. The average molecular weight is 309 g/mol. The minimum atomic E-state index is -0.577. The molecule has 0 spiro atoms. The predicted molar refractivity (Wildman–Crippen MR) is 66.7 cm³/mol. The molecule has 0 aromatic heterocycles. The first kappa shape index (κ1) is 13.5. The SMILES string of the molecule is CC(C)(CBr)NC(=O)c1cc(Cl)ccc1F. The Morgan fingerprint density at radius 2 is 2.19 bits per heavy atom. The van der Waals surface area contributed by atoms with Gasteiger partial charge < -0.3 is 5.32 Å². The van der Waals surface area contributed by atoms with Gasteiger partial charge in [-0.05, 0) is 32.0 Å². The Morgan fingerprint density at radius 3 is 2.75 bits per heavy atom. The molecule has 2 nitrogen and oxygen atoms in total. The van der Waals surface area contributed by atoms with Gasteiger partial charge in [0.2, 0.25) is 0 Å². The van der Waals surface area contributed by atoms with Crippen LogP contribution < -0.4 is 5.32 Å². The van der Waals surface area contributed by atoms with Crippen LogP contribution >= 0.6 is 27.5 Å². The fourth-order valence-electron chi connectivity index (χ4n) is 1.08. The van der Waals surface area contributed by atoms with Crippen molar-refractivity contribution in [2.24, 2.45) is 0 Å². The molecule has 0 unspecified atom stereocenters. The van der Waals surface area contributed by atoms with Crippen LogP contribution in [0.15, 0.2) is 18.2 Å². The molecule has 0 saturated heterocycles. The van der Waals surface area contributed by atoms with Gasteiger partial charge >= 0.3 is 0 Å². The zero-order valence-electron chi connectivity index (χ0n) is 8.98. The van der Waals surface area contributed by atoms with Crippen molar-refractivity contribution >= 4 is 33.4 Å². The van der Waals surface area contributed by atoms with Crippen molar-refractivity contribution in [1.82, 2.24) is 5.32 Å². The van der Waals surface area contributed by atoms with Crippen LogP contribution in [0, 0.1) is 5.82 Å². The zero-order chi connectivity index (χ0) is 12.3. The van der Waals surface area contributed by atoms with Gasteiger partial charge in [0, 0.05) is 15.9 Å². The van der Waals surface area contributed by atoms with Gasteiger partial charge in [0.25, 0.3) is 5.91 Å². The average Bonchev–Trinajstić information content (AvgIpc) is 2.21. The standard InChI is InChI=1S/C11H12BrClFNO/c1-11(2,6-12)15-10(16)8-5-7(13)3-4-9(8)14/h3-5H,6H2,1-2H3,(H,15,16). The van der Waals surface area contributed by atoms with Gasteiger partial charge in [0.05, 0.1) is 5.56 Å². The minimum Gasteiger partial charge on any atom is -0.346 e. The number of benzene rings is 1. The molecule has 1 amide bonds. The quantitative estimate of drug-likeness (QED) is 0.852. The molecule has 1 aromatic carbocycles. The Hall–Kier alpha value is -0.610.